The predicted octanol–water partition coefficient (Wildman–Crippen LogP) is 19.6. The number of phenols is 1. The number of carboxylic acids is 1. The van der Waals surface area contributed by atoms with Gasteiger partial charge >= 0.3 is 18.2 Å². The molecule has 4 amide bonds. The average Bonchev–Trinajstić information content (AvgIpc) is 1.71. The third-order valence-corrected chi connectivity index (χ3v) is 17.1. The van der Waals surface area contributed by atoms with Crippen molar-refractivity contribution in [3.05, 3.63) is 304 Å². The summed E-state index contributed by atoms with van der Waals surface area (Å²) in [5.41, 5.74) is 3.37. The number of hydrogen-bond acceptors (Lipinski definition) is 16. The Kier molecular flexibility index (Phi) is 36.4. The number of carbonyl (C=O) groups excluding carboxylic acids is 4. The number of para-hydroxylation sites is 5. The fourth-order valence-electron chi connectivity index (χ4n) is 11.2. The maximum atomic E-state index is 14.5. The monoisotopic (exact) mass is 1700 g/mol. The zero-order chi connectivity index (χ0) is 89.2. The van der Waals surface area contributed by atoms with E-state index in [1.54, 1.807) is 193 Å². The van der Waals surface area contributed by atoms with Crippen LogP contribution in [0.2, 0.25) is 0 Å². The number of likely N-dealkylation sites (tertiary alicyclic amines) is 2. The highest BCUT2D eigenvalue weighted by Crippen LogP contribution is 2.33. The van der Waals surface area contributed by atoms with Gasteiger partial charge in [0.2, 0.25) is 11.8 Å². The van der Waals surface area contributed by atoms with Crippen LogP contribution in [0.15, 0.2) is 212 Å². The van der Waals surface area contributed by atoms with Crippen LogP contribution in [0.25, 0.3) is 0 Å². The summed E-state index contributed by atoms with van der Waals surface area (Å²) in [6, 6.07) is 52.7. The maximum Gasteiger partial charge on any atom is 0.411 e. The van der Waals surface area contributed by atoms with E-state index in [4.69, 9.17) is 54.9 Å². The van der Waals surface area contributed by atoms with Gasteiger partial charge in [-0.3, -0.25) is 19.4 Å². The van der Waals surface area contributed by atoms with Crippen molar-refractivity contribution in [1.29, 1.82) is 10.5 Å². The van der Waals surface area contributed by atoms with E-state index < -0.39 is 117 Å². The summed E-state index contributed by atoms with van der Waals surface area (Å²) in [6.07, 6.45) is 2.96. The first kappa shape index (κ1) is 95.4. The number of nitrogens with one attached hydrogen (secondary N) is 3. The molecule has 0 spiro atoms. The van der Waals surface area contributed by atoms with Gasteiger partial charge in [0.05, 0.1) is 17.2 Å². The Balaban J connectivity index is 0.000000203. The lowest BCUT2D eigenvalue weighted by molar-refractivity contribution is -0.142. The molecule has 0 aromatic heterocycles. The van der Waals surface area contributed by atoms with Gasteiger partial charge in [0.25, 0.3) is 0 Å². The summed E-state index contributed by atoms with van der Waals surface area (Å²) >= 11 is 0. The van der Waals surface area contributed by atoms with Crippen molar-refractivity contribution in [3.8, 4) is 63.9 Å². The van der Waals surface area contributed by atoms with Gasteiger partial charge in [-0.15, -0.1) is 0 Å². The summed E-state index contributed by atoms with van der Waals surface area (Å²) < 4.78 is 179. The second-order valence-electron chi connectivity index (χ2n) is 28.6. The van der Waals surface area contributed by atoms with Gasteiger partial charge in [0, 0.05) is 79.7 Å². The molecule has 0 aliphatic carbocycles. The third kappa shape index (κ3) is 30.9. The van der Waals surface area contributed by atoms with Crippen LogP contribution in [-0.4, -0.2) is 98.9 Å². The molecule has 3 aliphatic rings. The summed E-state index contributed by atoms with van der Waals surface area (Å²) in [4.78, 5) is 62.0. The lowest BCUT2D eigenvalue weighted by Gasteiger charge is -2.28. The van der Waals surface area contributed by atoms with Crippen molar-refractivity contribution in [3.63, 3.8) is 0 Å². The van der Waals surface area contributed by atoms with Crippen molar-refractivity contribution in [2.75, 3.05) is 19.6 Å². The Hall–Kier alpha value is -13.7. The first-order valence-electron chi connectivity index (χ1n) is 37.8. The van der Waals surface area contributed by atoms with E-state index in [1.165, 1.54) is 15.9 Å². The molecule has 3 aliphatic heterocycles. The number of halogens is 11. The highest BCUT2D eigenvalue weighted by atomic mass is 19.2. The molecule has 10 aromatic carbocycles. The van der Waals surface area contributed by atoms with Crippen LogP contribution in [0, 0.1) is 86.7 Å². The molecule has 0 radical (unpaired) electrons. The lowest BCUT2D eigenvalue weighted by atomic mass is 10.1. The number of benzene rings is 10. The standard InChI is InChI=1S/C23H26F2N2O4.C18H18F2N2O2.C13H11F2NO.C13H7F2NO.C10H17NO4.C7H2F3N.C6H6O/c1-23(2,3)31-22(29)27-11-7-10-19(27)21(28)26-14-15-12-18(25)20(13-17(15)24)30-16-8-5-4-6-9-16;19-14-10-17(24-13-5-2-1-3-6-13)15(20)9-12(14)11-22-18(23)16-7-4-8-21-16;2*14-11-7-13(12(15)6-9(11)8-16)17-10-4-2-1-3-5-10;1-10(2,3)15-9(14)11-6-4-5-7(11)8(12)13;8-5-2-7(10)6(9)1-4(5)3-11;7-6-4-2-1-3-5-6/h4-6,8-9,12-13,19H,7,10-11,14H2,1-3H3,(H,26,28);1-3,5-6,9-10,16,21H,4,7-8,11H2,(H,22,23);1-7H,8,16H2;1-7H;7H,4-6H2,1-3H3,(H,12,13);1-2H;1-5,7H/t19-;16-;;;7-;;/m00..0../s1. The Bertz CT molecular complexity index is 5220. The smallest absolute Gasteiger partial charge is 0.411 e. The van der Waals surface area contributed by atoms with E-state index in [0.717, 1.165) is 74.3 Å². The first-order chi connectivity index (χ1) is 58.0. The number of nitriles is 2. The Morgan fingerprint density at radius 3 is 1.11 bits per heavy atom. The number of nitrogens with zero attached hydrogens (tertiary/aromatic N) is 4. The van der Waals surface area contributed by atoms with E-state index in [-0.39, 0.29) is 76.8 Å². The summed E-state index contributed by atoms with van der Waals surface area (Å²) in [5.74, 6) is -9.53. The van der Waals surface area contributed by atoms with E-state index in [9.17, 15) is 72.3 Å². The molecule has 13 rings (SSSR count). The molecule has 3 fully saturated rings. The van der Waals surface area contributed by atoms with Gasteiger partial charge in [-0.25, -0.2) is 62.7 Å². The number of ether oxygens (including phenoxy) is 6. The quantitative estimate of drug-likeness (QED) is 0.0387. The van der Waals surface area contributed by atoms with E-state index in [0.29, 0.717) is 73.2 Å². The van der Waals surface area contributed by atoms with Crippen molar-refractivity contribution >= 4 is 30.0 Å². The molecule has 3 heterocycles. The number of rotatable bonds is 16. The van der Waals surface area contributed by atoms with Crippen LogP contribution in [0.5, 0.6) is 51.7 Å². The van der Waals surface area contributed by atoms with E-state index in [2.05, 4.69) is 16.0 Å². The number of aliphatic carboxylic acids is 1. The van der Waals surface area contributed by atoms with Crippen LogP contribution < -0.4 is 40.6 Å². The van der Waals surface area contributed by atoms with Crippen LogP contribution in [-0.2, 0) is 43.5 Å². The van der Waals surface area contributed by atoms with Crippen molar-refractivity contribution < 1.29 is 111 Å². The van der Waals surface area contributed by atoms with Crippen LogP contribution >= 0.6 is 0 Å². The molecule has 0 saturated carbocycles. The number of hydrogen-bond donors (Lipinski definition) is 6. The predicted molar refractivity (Wildman–Crippen MR) is 428 cm³/mol. The zero-order valence-corrected chi connectivity index (χ0v) is 66.8. The highest BCUT2D eigenvalue weighted by Gasteiger charge is 2.38. The summed E-state index contributed by atoms with van der Waals surface area (Å²) in [5, 5.41) is 42.5. The normalized spacial score (nSPS) is 14.2. The second-order valence-corrected chi connectivity index (χ2v) is 28.6. The molecule has 7 N–H and O–H groups in total. The lowest BCUT2D eigenvalue weighted by Crippen LogP contribution is -2.47. The topological polar surface area (TPSA) is 297 Å². The first-order valence-corrected chi connectivity index (χ1v) is 37.8. The Labute approximate surface area is 696 Å². The Morgan fingerprint density at radius 2 is 0.754 bits per heavy atom. The molecule has 642 valence electrons. The van der Waals surface area contributed by atoms with E-state index in [1.807, 2.05) is 6.07 Å². The van der Waals surface area contributed by atoms with Gasteiger partial charge in [0.15, 0.2) is 57.9 Å². The average molecular weight is 1700 g/mol. The summed E-state index contributed by atoms with van der Waals surface area (Å²) in [6.45, 7) is 11.9. The number of amides is 4. The van der Waals surface area contributed by atoms with Gasteiger partial charge in [-0.1, -0.05) is 91.0 Å². The van der Waals surface area contributed by atoms with Crippen molar-refractivity contribution in [1.82, 2.24) is 25.8 Å². The molecular weight excluding hydrogens is 1610 g/mol. The molecule has 3 saturated heterocycles. The van der Waals surface area contributed by atoms with Gasteiger partial charge in [-0.2, -0.15) is 10.5 Å². The molecule has 0 bridgehead atoms. The fraction of sp³-hybridized carbons (Fsp3) is 0.256. The van der Waals surface area contributed by atoms with Gasteiger partial charge in [0.1, 0.15) is 93.3 Å². The fourth-order valence-corrected chi connectivity index (χ4v) is 11.2. The van der Waals surface area contributed by atoms with Gasteiger partial charge in [-0.05, 0) is 178 Å². The Morgan fingerprint density at radius 1 is 0.426 bits per heavy atom. The van der Waals surface area contributed by atoms with E-state index >= 15 is 0 Å². The number of carboxylic acid groups (broad SMARTS) is 1. The highest BCUT2D eigenvalue weighted by molar-refractivity contribution is 5.86. The minimum atomic E-state index is -1.29. The van der Waals surface area contributed by atoms with Crippen LogP contribution in [0.1, 0.15) is 108 Å². The molecule has 32 heteroatoms. The molecular formula is C90H87F11N8O13. The van der Waals surface area contributed by atoms with Crippen LogP contribution in [0.4, 0.5) is 57.9 Å². The number of phenolic OH excluding ortho intramolecular Hbond substituents is 1. The summed E-state index contributed by atoms with van der Waals surface area (Å²) in [7, 11) is 0. The van der Waals surface area contributed by atoms with Crippen molar-refractivity contribution in [2.45, 2.75) is 129 Å². The zero-order valence-electron chi connectivity index (χ0n) is 66.8. The SMILES string of the molecule is CC(C)(C)OC(=O)N1CCC[C@H]1C(=O)NCc1cc(F)c(Oc2ccccc2)cc1F.CC(C)(C)OC(=O)N1CCC[C@H]1C(=O)O.N#Cc1cc(F)c(F)cc1F.N#Cc1cc(F)c(Oc2ccccc2)cc1F.NCc1cc(F)c(Oc2ccccc2)cc1F.O=C(NCc1cc(F)c(Oc2ccccc2)cc1F)[C@@H]1CCCN1.Oc1ccccc1. The largest absolute Gasteiger partial charge is 0.508 e. The molecule has 21 nitrogen and oxygen atoms in total. The molecule has 122 heavy (non-hydrogen) atoms. The third-order valence-electron chi connectivity index (χ3n) is 17.1. The molecule has 0 unspecified atom stereocenters. The van der Waals surface area contributed by atoms with Crippen LogP contribution in [0.3, 0.4) is 0 Å². The number of nitrogens with two attached hydrogens (primary N) is 1. The number of aromatic hydroxyl groups is 1. The minimum Gasteiger partial charge on any atom is -0.508 e. The maximum absolute atomic E-state index is 14.5. The van der Waals surface area contributed by atoms with Gasteiger partial charge < -0.3 is 60.3 Å². The molecule has 3 atom stereocenters. The molecule has 10 aromatic rings. The minimum absolute atomic E-state index is 0.0203. The number of carbonyl (C=O) groups is 5. The van der Waals surface area contributed by atoms with Crippen molar-refractivity contribution in [2.24, 2.45) is 5.73 Å². The second kappa shape index (κ2) is 46.6.